The molecule has 0 aromatic rings. The van der Waals surface area contributed by atoms with Crippen LogP contribution < -0.4 is 0 Å². The fourth-order valence-corrected chi connectivity index (χ4v) is 3.32. The third-order valence-electron chi connectivity index (χ3n) is 5.36. The molecule has 35 heavy (non-hydrogen) atoms. The molecular formula is C26H53N3O6. The molecule has 0 amide bonds. The van der Waals surface area contributed by atoms with Crippen LogP contribution in [0.1, 0.15) is 84.0 Å². The number of unbranched alkanes of at least 4 members (excludes halogenated alkanes) is 10. The first-order chi connectivity index (χ1) is 17.4. The number of hydrogen-bond donors (Lipinski definition) is 0. The molecule has 0 saturated heterocycles. The minimum Gasteiger partial charge on any atom is -0.379 e. The summed E-state index contributed by atoms with van der Waals surface area (Å²) in [6.07, 6.45) is 14.7. The highest BCUT2D eigenvalue weighted by atomic mass is 16.6. The van der Waals surface area contributed by atoms with Gasteiger partial charge in [-0.1, -0.05) is 69.8 Å². The van der Waals surface area contributed by atoms with E-state index in [4.69, 9.17) is 34.0 Å². The van der Waals surface area contributed by atoms with Gasteiger partial charge in [-0.15, -0.1) is 0 Å². The molecule has 0 aliphatic carbocycles. The lowest BCUT2D eigenvalue weighted by Gasteiger charge is -2.08. The third-order valence-corrected chi connectivity index (χ3v) is 5.36. The second-order valence-corrected chi connectivity index (χ2v) is 8.52. The third kappa shape index (κ3) is 33.1. The molecule has 0 aromatic carbocycles. The molecule has 0 spiro atoms. The Morgan fingerprint density at radius 2 is 0.743 bits per heavy atom. The minimum atomic E-state index is 0.557. The molecule has 0 fully saturated rings. The topological polar surface area (TPSA) is 104 Å². The molecule has 0 rings (SSSR count). The van der Waals surface area contributed by atoms with Crippen molar-refractivity contribution in [1.29, 1.82) is 0 Å². The lowest BCUT2D eigenvalue weighted by Crippen LogP contribution is -2.14. The predicted octanol–water partition coefficient (Wildman–Crippen LogP) is 6.10. The van der Waals surface area contributed by atoms with Crippen LogP contribution in [-0.2, 0) is 28.4 Å². The summed E-state index contributed by atoms with van der Waals surface area (Å²) in [5, 5.41) is 3.52. The van der Waals surface area contributed by atoms with Gasteiger partial charge in [-0.05, 0) is 24.8 Å². The summed E-state index contributed by atoms with van der Waals surface area (Å²) < 4.78 is 33.1. The van der Waals surface area contributed by atoms with Crippen LogP contribution in [0.2, 0.25) is 0 Å². The molecular weight excluding hydrogens is 450 g/mol. The van der Waals surface area contributed by atoms with Gasteiger partial charge >= 0.3 is 0 Å². The molecule has 0 unspecified atom stereocenters. The van der Waals surface area contributed by atoms with Crippen molar-refractivity contribution in [2.75, 3.05) is 85.8 Å². The monoisotopic (exact) mass is 503 g/mol. The second-order valence-electron chi connectivity index (χ2n) is 8.52. The molecule has 0 saturated carbocycles. The van der Waals surface area contributed by atoms with Crippen LogP contribution in [0, 0.1) is 0 Å². The first-order valence-corrected chi connectivity index (χ1v) is 13.9. The molecule has 208 valence electrons. The summed E-state index contributed by atoms with van der Waals surface area (Å²) in [6, 6.07) is 0. The average molecular weight is 504 g/mol. The van der Waals surface area contributed by atoms with E-state index in [2.05, 4.69) is 16.9 Å². The molecule has 0 heterocycles. The van der Waals surface area contributed by atoms with Crippen LogP contribution in [0.25, 0.3) is 10.4 Å². The predicted molar refractivity (Wildman–Crippen MR) is 140 cm³/mol. The first-order valence-electron chi connectivity index (χ1n) is 13.9. The van der Waals surface area contributed by atoms with E-state index in [1.807, 2.05) is 0 Å². The number of nitrogens with zero attached hydrogens (tertiary/aromatic N) is 3. The smallest absolute Gasteiger partial charge is 0.0701 e. The van der Waals surface area contributed by atoms with E-state index >= 15 is 0 Å². The van der Waals surface area contributed by atoms with E-state index in [1.54, 1.807) is 0 Å². The largest absolute Gasteiger partial charge is 0.379 e. The summed E-state index contributed by atoms with van der Waals surface area (Å²) in [7, 11) is 0. The summed E-state index contributed by atoms with van der Waals surface area (Å²) in [6.45, 7) is 10.3. The van der Waals surface area contributed by atoms with Gasteiger partial charge < -0.3 is 28.4 Å². The van der Waals surface area contributed by atoms with Gasteiger partial charge in [0.25, 0.3) is 0 Å². The number of ether oxygens (including phenoxy) is 6. The number of hydrogen-bond acceptors (Lipinski definition) is 7. The molecule has 0 aliphatic heterocycles. The zero-order valence-electron chi connectivity index (χ0n) is 22.5. The summed E-state index contributed by atoms with van der Waals surface area (Å²) in [5.41, 5.74) is 8.18. The molecule has 9 nitrogen and oxygen atoms in total. The van der Waals surface area contributed by atoms with E-state index < -0.39 is 0 Å². The van der Waals surface area contributed by atoms with Crippen molar-refractivity contribution < 1.29 is 28.4 Å². The zero-order chi connectivity index (χ0) is 25.3. The quantitative estimate of drug-likeness (QED) is 0.0490. The molecule has 0 aromatic heterocycles. The van der Waals surface area contributed by atoms with Gasteiger partial charge in [0.15, 0.2) is 0 Å². The van der Waals surface area contributed by atoms with Gasteiger partial charge in [0.2, 0.25) is 0 Å². The van der Waals surface area contributed by atoms with Crippen LogP contribution in [0.15, 0.2) is 5.11 Å². The van der Waals surface area contributed by atoms with Gasteiger partial charge in [-0.2, -0.15) is 0 Å². The molecule has 0 aliphatic rings. The number of rotatable bonds is 31. The Morgan fingerprint density at radius 1 is 0.429 bits per heavy atom. The fraction of sp³-hybridized carbons (Fsp3) is 1.00. The van der Waals surface area contributed by atoms with Crippen molar-refractivity contribution in [2.24, 2.45) is 5.11 Å². The molecule has 0 atom stereocenters. The maximum absolute atomic E-state index is 8.18. The second kappa shape index (κ2) is 33.1. The highest BCUT2D eigenvalue weighted by Crippen LogP contribution is 2.08. The highest BCUT2D eigenvalue weighted by Gasteiger charge is 1.96. The molecule has 0 N–H and O–H groups in total. The van der Waals surface area contributed by atoms with Gasteiger partial charge in [0.1, 0.15) is 0 Å². The highest BCUT2D eigenvalue weighted by molar-refractivity contribution is 4.49. The van der Waals surface area contributed by atoms with Crippen molar-refractivity contribution in [3.05, 3.63) is 10.4 Å². The number of azide groups is 1. The standard InChI is InChI=1S/C26H53N3O6/c1-2-3-4-5-6-7-9-12-15-30-17-19-32-21-23-34-25-26-35-24-22-33-20-18-31-16-13-10-8-11-14-28-29-27/h2-26H2,1H3. The zero-order valence-corrected chi connectivity index (χ0v) is 22.5. The Hall–Kier alpha value is -0.930. The van der Waals surface area contributed by atoms with Crippen molar-refractivity contribution in [3.8, 4) is 0 Å². The van der Waals surface area contributed by atoms with Crippen LogP contribution in [-0.4, -0.2) is 85.8 Å². The summed E-state index contributed by atoms with van der Waals surface area (Å²) in [5.74, 6) is 0. The Balaban J connectivity index is 3.01. The van der Waals surface area contributed by atoms with Crippen molar-refractivity contribution in [3.63, 3.8) is 0 Å². The van der Waals surface area contributed by atoms with Gasteiger partial charge in [-0.25, -0.2) is 0 Å². The van der Waals surface area contributed by atoms with E-state index in [0.29, 0.717) is 72.6 Å². The molecule has 0 radical (unpaired) electrons. The van der Waals surface area contributed by atoms with Gasteiger partial charge in [0.05, 0.1) is 66.1 Å². The first kappa shape index (κ1) is 34.1. The van der Waals surface area contributed by atoms with Crippen molar-refractivity contribution >= 4 is 0 Å². The van der Waals surface area contributed by atoms with Crippen LogP contribution in [0.4, 0.5) is 0 Å². The normalized spacial score (nSPS) is 11.1. The van der Waals surface area contributed by atoms with Crippen molar-refractivity contribution in [1.82, 2.24) is 0 Å². The fourth-order valence-electron chi connectivity index (χ4n) is 3.32. The van der Waals surface area contributed by atoms with E-state index in [9.17, 15) is 0 Å². The van der Waals surface area contributed by atoms with E-state index in [1.165, 1.54) is 44.9 Å². The average Bonchev–Trinajstić information content (AvgIpc) is 2.87. The molecule has 0 bridgehead atoms. The van der Waals surface area contributed by atoms with Crippen molar-refractivity contribution in [2.45, 2.75) is 84.0 Å². The maximum Gasteiger partial charge on any atom is 0.0701 e. The Kier molecular flexibility index (Phi) is 32.2. The van der Waals surface area contributed by atoms with Crippen LogP contribution in [0.5, 0.6) is 0 Å². The minimum absolute atomic E-state index is 0.557. The van der Waals surface area contributed by atoms with Gasteiger partial charge in [-0.3, -0.25) is 0 Å². The van der Waals surface area contributed by atoms with Gasteiger partial charge in [0, 0.05) is 24.7 Å². The SMILES string of the molecule is CCCCCCCCCCOCCOCCOCCOCCOCCOCCCCCCN=[N+]=[N-]. The Morgan fingerprint density at radius 3 is 1.11 bits per heavy atom. The van der Waals surface area contributed by atoms with Crippen LogP contribution >= 0.6 is 0 Å². The van der Waals surface area contributed by atoms with E-state index in [-0.39, 0.29) is 0 Å². The summed E-state index contributed by atoms with van der Waals surface area (Å²) >= 11 is 0. The lowest BCUT2D eigenvalue weighted by molar-refractivity contribution is -0.0169. The van der Waals surface area contributed by atoms with E-state index in [0.717, 1.165) is 45.3 Å². The maximum atomic E-state index is 8.18. The Bertz CT molecular complexity index is 439. The molecule has 9 heteroatoms. The summed E-state index contributed by atoms with van der Waals surface area (Å²) in [4.78, 5) is 2.74. The Labute approximate surface area is 214 Å². The van der Waals surface area contributed by atoms with Crippen LogP contribution in [0.3, 0.4) is 0 Å². The lowest BCUT2D eigenvalue weighted by atomic mass is 10.1.